The van der Waals surface area contributed by atoms with Crippen LogP contribution in [0.15, 0.2) is 59.4 Å². The van der Waals surface area contributed by atoms with Crippen molar-refractivity contribution in [2.75, 3.05) is 23.7 Å². The number of hydrogen-bond acceptors (Lipinski definition) is 7. The maximum atomic E-state index is 11.7. The SMILES string of the molecule is Cc1ccnc(Nc2ccc(NCCNC(=O)C=Cc3ccco3)nn2)c1. The van der Waals surface area contributed by atoms with Gasteiger partial charge in [0.1, 0.15) is 17.4 Å². The van der Waals surface area contributed by atoms with Gasteiger partial charge in [0.05, 0.1) is 6.26 Å². The summed E-state index contributed by atoms with van der Waals surface area (Å²) >= 11 is 0. The van der Waals surface area contributed by atoms with Gasteiger partial charge in [-0.1, -0.05) is 0 Å². The van der Waals surface area contributed by atoms with Crippen molar-refractivity contribution >= 4 is 29.4 Å². The van der Waals surface area contributed by atoms with Crippen molar-refractivity contribution in [3.05, 3.63) is 66.3 Å². The molecule has 0 aliphatic carbocycles. The molecule has 3 heterocycles. The Morgan fingerprint density at radius 1 is 1.11 bits per heavy atom. The van der Waals surface area contributed by atoms with E-state index in [1.807, 2.05) is 31.2 Å². The van der Waals surface area contributed by atoms with E-state index in [1.54, 1.807) is 30.7 Å². The molecular weight excluding hydrogens is 344 g/mol. The lowest BCUT2D eigenvalue weighted by Gasteiger charge is -2.07. The van der Waals surface area contributed by atoms with E-state index >= 15 is 0 Å². The summed E-state index contributed by atoms with van der Waals surface area (Å²) in [6, 6.07) is 11.0. The molecule has 3 N–H and O–H groups in total. The molecule has 0 saturated heterocycles. The summed E-state index contributed by atoms with van der Waals surface area (Å²) in [4.78, 5) is 15.9. The van der Waals surface area contributed by atoms with Gasteiger partial charge in [-0.15, -0.1) is 10.2 Å². The van der Waals surface area contributed by atoms with Crippen LogP contribution in [-0.4, -0.2) is 34.2 Å². The Morgan fingerprint density at radius 3 is 2.70 bits per heavy atom. The number of nitrogens with one attached hydrogen (secondary N) is 3. The average Bonchev–Trinajstić information content (AvgIpc) is 3.19. The minimum Gasteiger partial charge on any atom is -0.465 e. The molecule has 0 aliphatic heterocycles. The number of carbonyl (C=O) groups excluding carboxylic acids is 1. The van der Waals surface area contributed by atoms with Crippen molar-refractivity contribution in [2.45, 2.75) is 6.92 Å². The van der Waals surface area contributed by atoms with Gasteiger partial charge in [0.25, 0.3) is 0 Å². The van der Waals surface area contributed by atoms with Crippen molar-refractivity contribution < 1.29 is 9.21 Å². The molecule has 3 rings (SSSR count). The molecular formula is C19H20N6O2. The summed E-state index contributed by atoms with van der Waals surface area (Å²) in [6.45, 7) is 2.98. The Morgan fingerprint density at radius 2 is 1.96 bits per heavy atom. The summed E-state index contributed by atoms with van der Waals surface area (Å²) < 4.78 is 5.12. The van der Waals surface area contributed by atoms with Crippen LogP contribution < -0.4 is 16.0 Å². The van der Waals surface area contributed by atoms with Gasteiger partial charge >= 0.3 is 0 Å². The van der Waals surface area contributed by atoms with E-state index in [1.165, 1.54) is 6.08 Å². The Hall–Kier alpha value is -3.68. The van der Waals surface area contributed by atoms with Gasteiger partial charge in [-0.3, -0.25) is 4.79 Å². The summed E-state index contributed by atoms with van der Waals surface area (Å²) in [5.74, 6) is 2.39. The van der Waals surface area contributed by atoms with Crippen LogP contribution in [0.3, 0.4) is 0 Å². The van der Waals surface area contributed by atoms with Gasteiger partial charge in [-0.2, -0.15) is 0 Å². The zero-order chi connectivity index (χ0) is 18.9. The molecule has 8 nitrogen and oxygen atoms in total. The Labute approximate surface area is 156 Å². The van der Waals surface area contributed by atoms with Crippen LogP contribution in [0.4, 0.5) is 17.5 Å². The number of amides is 1. The van der Waals surface area contributed by atoms with Crippen LogP contribution in [0.25, 0.3) is 6.08 Å². The van der Waals surface area contributed by atoms with Gasteiger partial charge in [0.2, 0.25) is 5.91 Å². The van der Waals surface area contributed by atoms with Crippen molar-refractivity contribution in [3.8, 4) is 0 Å². The first-order chi connectivity index (χ1) is 13.2. The first-order valence-corrected chi connectivity index (χ1v) is 8.46. The largest absolute Gasteiger partial charge is 0.465 e. The van der Waals surface area contributed by atoms with E-state index in [4.69, 9.17) is 4.42 Å². The number of rotatable bonds is 8. The van der Waals surface area contributed by atoms with Crippen molar-refractivity contribution in [1.29, 1.82) is 0 Å². The normalized spacial score (nSPS) is 10.7. The number of furan rings is 1. The highest BCUT2D eigenvalue weighted by Gasteiger charge is 2.01. The van der Waals surface area contributed by atoms with E-state index in [-0.39, 0.29) is 5.91 Å². The minimum absolute atomic E-state index is 0.190. The molecule has 0 aliphatic rings. The second-order valence-electron chi connectivity index (χ2n) is 5.71. The van der Waals surface area contributed by atoms with Crippen molar-refractivity contribution in [2.24, 2.45) is 0 Å². The molecule has 0 bridgehead atoms. The molecule has 0 fully saturated rings. The average molecular weight is 364 g/mol. The summed E-state index contributed by atoms with van der Waals surface area (Å²) in [7, 11) is 0. The lowest BCUT2D eigenvalue weighted by Crippen LogP contribution is -2.27. The maximum absolute atomic E-state index is 11.7. The van der Waals surface area contributed by atoms with Gasteiger partial charge in [0, 0.05) is 25.4 Å². The van der Waals surface area contributed by atoms with Gasteiger partial charge in [-0.25, -0.2) is 4.98 Å². The molecule has 0 atom stereocenters. The second kappa shape index (κ2) is 9.14. The predicted molar refractivity (Wildman–Crippen MR) is 104 cm³/mol. The van der Waals surface area contributed by atoms with Crippen LogP contribution in [0.5, 0.6) is 0 Å². The maximum Gasteiger partial charge on any atom is 0.244 e. The number of anilines is 3. The molecule has 8 heteroatoms. The van der Waals surface area contributed by atoms with Gasteiger partial charge in [-0.05, 0) is 55.0 Å². The van der Waals surface area contributed by atoms with Crippen LogP contribution in [-0.2, 0) is 4.79 Å². The van der Waals surface area contributed by atoms with Gasteiger partial charge < -0.3 is 20.4 Å². The topological polar surface area (TPSA) is 105 Å². The minimum atomic E-state index is -0.190. The molecule has 0 radical (unpaired) electrons. The molecule has 138 valence electrons. The lowest BCUT2D eigenvalue weighted by atomic mass is 10.3. The van der Waals surface area contributed by atoms with E-state index in [2.05, 4.69) is 31.1 Å². The Kier molecular flexibility index (Phi) is 6.13. The van der Waals surface area contributed by atoms with Crippen LogP contribution in [0.2, 0.25) is 0 Å². The standard InChI is InChI=1S/C19H20N6O2/c1-14-8-9-20-18(13-14)23-17-6-5-16(24-25-17)21-10-11-22-19(26)7-4-15-3-2-12-27-15/h2-9,12-13H,10-11H2,1H3,(H,21,24)(H,22,26)(H,20,23,25). The Balaban J connectivity index is 1.39. The smallest absolute Gasteiger partial charge is 0.244 e. The molecule has 0 aromatic carbocycles. The molecule has 0 unspecified atom stereocenters. The van der Waals surface area contributed by atoms with Crippen LogP contribution >= 0.6 is 0 Å². The third-order valence-corrected chi connectivity index (χ3v) is 3.51. The van der Waals surface area contributed by atoms with Crippen molar-refractivity contribution in [3.63, 3.8) is 0 Å². The van der Waals surface area contributed by atoms with Crippen LogP contribution in [0.1, 0.15) is 11.3 Å². The van der Waals surface area contributed by atoms with Crippen LogP contribution in [0, 0.1) is 6.92 Å². The Bertz CT molecular complexity index is 891. The first-order valence-electron chi connectivity index (χ1n) is 8.46. The third kappa shape index (κ3) is 5.96. The fourth-order valence-corrected chi connectivity index (χ4v) is 2.21. The fourth-order valence-electron chi connectivity index (χ4n) is 2.21. The number of hydrogen-bond donors (Lipinski definition) is 3. The highest BCUT2D eigenvalue weighted by molar-refractivity contribution is 5.91. The van der Waals surface area contributed by atoms with Gasteiger partial charge in [0.15, 0.2) is 5.82 Å². The van der Waals surface area contributed by atoms with E-state index in [0.717, 1.165) is 11.4 Å². The third-order valence-electron chi connectivity index (χ3n) is 3.51. The lowest BCUT2D eigenvalue weighted by molar-refractivity contribution is -0.116. The molecule has 0 saturated carbocycles. The number of pyridine rings is 1. The van der Waals surface area contributed by atoms with E-state index in [0.29, 0.717) is 30.5 Å². The zero-order valence-electron chi connectivity index (χ0n) is 14.8. The molecule has 1 amide bonds. The highest BCUT2D eigenvalue weighted by Crippen LogP contribution is 2.13. The number of carbonyl (C=O) groups is 1. The zero-order valence-corrected chi connectivity index (χ0v) is 14.8. The fraction of sp³-hybridized carbons (Fsp3) is 0.158. The van der Waals surface area contributed by atoms with Crippen molar-refractivity contribution in [1.82, 2.24) is 20.5 Å². The highest BCUT2D eigenvalue weighted by atomic mass is 16.3. The number of nitrogens with zero attached hydrogens (tertiary/aromatic N) is 3. The monoisotopic (exact) mass is 364 g/mol. The quantitative estimate of drug-likeness (QED) is 0.417. The first kappa shape index (κ1) is 18.1. The molecule has 27 heavy (non-hydrogen) atoms. The number of aryl methyl sites for hydroxylation is 1. The summed E-state index contributed by atoms with van der Waals surface area (Å²) in [5.41, 5.74) is 1.11. The summed E-state index contributed by atoms with van der Waals surface area (Å²) in [6.07, 6.45) is 6.33. The van der Waals surface area contributed by atoms with E-state index < -0.39 is 0 Å². The predicted octanol–water partition coefficient (Wildman–Crippen LogP) is 2.76. The molecule has 3 aromatic heterocycles. The van der Waals surface area contributed by atoms with E-state index in [9.17, 15) is 4.79 Å². The second-order valence-corrected chi connectivity index (χ2v) is 5.71. The summed E-state index contributed by atoms with van der Waals surface area (Å²) in [5, 5.41) is 17.2. The molecule has 3 aromatic rings. The number of aromatic nitrogens is 3. The molecule has 0 spiro atoms.